The molecule has 1 N–H and O–H groups in total. The maximum Gasteiger partial charge on any atom is 0.325 e. The zero-order valence-corrected chi connectivity index (χ0v) is 10.2. The van der Waals surface area contributed by atoms with E-state index in [-0.39, 0.29) is 18.1 Å². The van der Waals surface area contributed by atoms with Gasteiger partial charge in [0, 0.05) is 11.9 Å². The summed E-state index contributed by atoms with van der Waals surface area (Å²) < 4.78 is 6.83. The second kappa shape index (κ2) is 5.65. The quantitative estimate of drug-likeness (QED) is 0.757. The molecule has 5 nitrogen and oxygen atoms in total. The summed E-state index contributed by atoms with van der Waals surface area (Å²) in [6.07, 6.45) is 1.73. The molecule has 1 aromatic heterocycles. The Bertz CT molecular complexity index is 349. The molecule has 0 saturated carbocycles. The molecule has 0 aliphatic heterocycles. The molecule has 0 bridgehead atoms. The number of likely N-dealkylation sites (N-methyl/N-ethyl adjacent to an activating group) is 1. The summed E-state index contributed by atoms with van der Waals surface area (Å²) in [5, 5.41) is 7.16. The van der Waals surface area contributed by atoms with E-state index in [0.29, 0.717) is 6.61 Å². The molecular weight excluding hydrogens is 206 g/mol. The summed E-state index contributed by atoms with van der Waals surface area (Å²) in [6.45, 7) is 6.09. The van der Waals surface area contributed by atoms with Crippen LogP contribution in [-0.2, 0) is 9.53 Å². The molecule has 0 radical (unpaired) electrons. The van der Waals surface area contributed by atoms with Crippen LogP contribution in [0.1, 0.15) is 25.6 Å². The summed E-state index contributed by atoms with van der Waals surface area (Å²) >= 11 is 0. The van der Waals surface area contributed by atoms with Crippen LogP contribution in [0.5, 0.6) is 0 Å². The monoisotopic (exact) mass is 225 g/mol. The van der Waals surface area contributed by atoms with E-state index in [0.717, 1.165) is 5.69 Å². The van der Waals surface area contributed by atoms with Gasteiger partial charge in [0.15, 0.2) is 0 Å². The molecular formula is C11H19N3O2. The molecule has 0 aliphatic carbocycles. The number of aromatic nitrogens is 2. The average Bonchev–Trinajstić information content (AvgIpc) is 2.65. The van der Waals surface area contributed by atoms with Crippen molar-refractivity contribution in [3.63, 3.8) is 0 Å². The lowest BCUT2D eigenvalue weighted by molar-refractivity contribution is -0.146. The van der Waals surface area contributed by atoms with E-state index < -0.39 is 0 Å². The van der Waals surface area contributed by atoms with E-state index >= 15 is 0 Å². The van der Waals surface area contributed by atoms with Gasteiger partial charge in [0.1, 0.15) is 6.04 Å². The number of hydrogen-bond acceptors (Lipinski definition) is 4. The maximum atomic E-state index is 11.7. The Labute approximate surface area is 95.8 Å². The summed E-state index contributed by atoms with van der Waals surface area (Å²) in [5.74, 6) is -0.243. The lowest BCUT2D eigenvalue weighted by atomic mass is 10.1. The van der Waals surface area contributed by atoms with Crippen LogP contribution < -0.4 is 5.32 Å². The van der Waals surface area contributed by atoms with Crippen molar-refractivity contribution in [2.75, 3.05) is 13.7 Å². The van der Waals surface area contributed by atoms with Gasteiger partial charge in [-0.05, 0) is 33.9 Å². The topological polar surface area (TPSA) is 56.1 Å². The van der Waals surface area contributed by atoms with Crippen molar-refractivity contribution in [2.24, 2.45) is 0 Å². The van der Waals surface area contributed by atoms with Crippen LogP contribution in [0.2, 0.25) is 0 Å². The Morgan fingerprint density at radius 1 is 1.69 bits per heavy atom. The van der Waals surface area contributed by atoms with Crippen molar-refractivity contribution in [3.8, 4) is 0 Å². The second-order valence-electron chi connectivity index (χ2n) is 3.68. The number of nitrogens with zero attached hydrogens (tertiary/aromatic N) is 2. The predicted octanol–water partition coefficient (Wildman–Crippen LogP) is 0.904. The van der Waals surface area contributed by atoms with Crippen LogP contribution >= 0.6 is 0 Å². The fourth-order valence-corrected chi connectivity index (χ4v) is 1.74. The molecule has 0 spiro atoms. The van der Waals surface area contributed by atoms with Crippen LogP contribution in [0, 0.1) is 6.92 Å². The third-order valence-corrected chi connectivity index (χ3v) is 2.59. The molecule has 1 rings (SSSR count). The predicted molar refractivity (Wildman–Crippen MR) is 61.2 cm³/mol. The Morgan fingerprint density at radius 2 is 2.38 bits per heavy atom. The summed E-state index contributed by atoms with van der Waals surface area (Å²) in [4.78, 5) is 11.7. The van der Waals surface area contributed by atoms with Gasteiger partial charge in [0.05, 0.1) is 12.6 Å². The van der Waals surface area contributed by atoms with Gasteiger partial charge in [-0.25, -0.2) is 0 Å². The van der Waals surface area contributed by atoms with Crippen LogP contribution in [0.4, 0.5) is 0 Å². The highest BCUT2D eigenvalue weighted by molar-refractivity contribution is 5.76. The number of aryl methyl sites for hydroxylation is 1. The van der Waals surface area contributed by atoms with Crippen molar-refractivity contribution in [1.29, 1.82) is 0 Å². The zero-order chi connectivity index (χ0) is 12.1. The lowest BCUT2D eigenvalue weighted by Crippen LogP contribution is -2.42. The molecule has 0 fully saturated rings. The summed E-state index contributed by atoms with van der Waals surface area (Å²) in [7, 11) is 1.75. The third-order valence-electron chi connectivity index (χ3n) is 2.59. The Balaban J connectivity index is 2.81. The molecule has 2 atom stereocenters. The van der Waals surface area contributed by atoms with Crippen molar-refractivity contribution in [2.45, 2.75) is 32.9 Å². The highest BCUT2D eigenvalue weighted by Crippen LogP contribution is 2.13. The van der Waals surface area contributed by atoms with E-state index in [2.05, 4.69) is 10.4 Å². The van der Waals surface area contributed by atoms with Crippen LogP contribution in [0.3, 0.4) is 0 Å². The highest BCUT2D eigenvalue weighted by Gasteiger charge is 2.26. The molecule has 0 aliphatic rings. The first-order valence-electron chi connectivity index (χ1n) is 5.45. The van der Waals surface area contributed by atoms with Gasteiger partial charge in [-0.3, -0.25) is 9.48 Å². The second-order valence-corrected chi connectivity index (χ2v) is 3.68. The highest BCUT2D eigenvalue weighted by atomic mass is 16.5. The first kappa shape index (κ1) is 12.7. The molecule has 5 heteroatoms. The minimum Gasteiger partial charge on any atom is -0.465 e. The number of esters is 1. The minimum absolute atomic E-state index is 0.0703. The number of ether oxygens (including phenoxy) is 1. The average molecular weight is 225 g/mol. The van der Waals surface area contributed by atoms with Crippen molar-refractivity contribution < 1.29 is 9.53 Å². The molecule has 90 valence electrons. The van der Waals surface area contributed by atoms with E-state index in [9.17, 15) is 4.79 Å². The van der Waals surface area contributed by atoms with Crippen molar-refractivity contribution in [1.82, 2.24) is 15.1 Å². The van der Waals surface area contributed by atoms with Gasteiger partial charge in [-0.2, -0.15) is 5.10 Å². The number of hydrogen-bond donors (Lipinski definition) is 1. The molecule has 0 amide bonds. The molecule has 16 heavy (non-hydrogen) atoms. The number of nitrogens with one attached hydrogen (secondary N) is 1. The zero-order valence-electron chi connectivity index (χ0n) is 10.2. The van der Waals surface area contributed by atoms with Gasteiger partial charge in [-0.15, -0.1) is 0 Å². The number of rotatable bonds is 5. The van der Waals surface area contributed by atoms with E-state index in [1.165, 1.54) is 0 Å². The first-order valence-corrected chi connectivity index (χ1v) is 5.45. The largest absolute Gasteiger partial charge is 0.465 e. The fourth-order valence-electron chi connectivity index (χ4n) is 1.74. The van der Waals surface area contributed by atoms with Crippen molar-refractivity contribution in [3.05, 3.63) is 18.0 Å². The fraction of sp³-hybridized carbons (Fsp3) is 0.636. The Kier molecular flexibility index (Phi) is 4.49. The van der Waals surface area contributed by atoms with Gasteiger partial charge < -0.3 is 10.1 Å². The maximum absolute atomic E-state index is 11.7. The van der Waals surface area contributed by atoms with E-state index in [1.807, 2.05) is 24.6 Å². The molecule has 2 unspecified atom stereocenters. The van der Waals surface area contributed by atoms with E-state index in [4.69, 9.17) is 4.74 Å². The van der Waals surface area contributed by atoms with Gasteiger partial charge in [0.2, 0.25) is 0 Å². The first-order chi connectivity index (χ1) is 7.61. The smallest absolute Gasteiger partial charge is 0.325 e. The van der Waals surface area contributed by atoms with Gasteiger partial charge in [-0.1, -0.05) is 0 Å². The summed E-state index contributed by atoms with van der Waals surface area (Å²) in [6, 6.07) is 1.46. The van der Waals surface area contributed by atoms with Crippen LogP contribution in [-0.4, -0.2) is 35.4 Å². The van der Waals surface area contributed by atoms with Gasteiger partial charge in [0.25, 0.3) is 0 Å². The van der Waals surface area contributed by atoms with Gasteiger partial charge >= 0.3 is 5.97 Å². The van der Waals surface area contributed by atoms with Crippen LogP contribution in [0.15, 0.2) is 12.3 Å². The molecule has 1 aromatic rings. The molecule has 0 saturated heterocycles. The van der Waals surface area contributed by atoms with E-state index in [1.54, 1.807) is 20.2 Å². The normalized spacial score (nSPS) is 14.5. The third kappa shape index (κ3) is 2.61. The minimum atomic E-state index is -0.376. The molecule has 1 heterocycles. The SMILES string of the molecule is CCOC(=O)C(NC)C(C)n1nccc1C. The van der Waals surface area contributed by atoms with Crippen LogP contribution in [0.25, 0.3) is 0 Å². The molecule has 0 aromatic carbocycles. The number of carbonyl (C=O) groups is 1. The standard InChI is InChI=1S/C11H19N3O2/c1-5-16-11(15)10(12-4)9(3)14-8(2)6-7-13-14/h6-7,9-10,12H,5H2,1-4H3. The number of carbonyl (C=O) groups excluding carboxylic acids is 1. The Morgan fingerprint density at radius 3 is 2.81 bits per heavy atom. The lowest BCUT2D eigenvalue weighted by Gasteiger charge is -2.23. The summed E-state index contributed by atoms with van der Waals surface area (Å²) in [5.41, 5.74) is 1.03. The van der Waals surface area contributed by atoms with Crippen molar-refractivity contribution >= 4 is 5.97 Å². The Hall–Kier alpha value is -1.36.